The fourth-order valence-electron chi connectivity index (χ4n) is 4.09. The molecular formula is C26H43N6O6P. The van der Waals surface area contributed by atoms with Gasteiger partial charge in [0.15, 0.2) is 5.65 Å². The Balaban J connectivity index is 1.68. The molecule has 1 fully saturated rings. The van der Waals surface area contributed by atoms with Gasteiger partial charge < -0.3 is 24.5 Å². The van der Waals surface area contributed by atoms with E-state index in [2.05, 4.69) is 27.1 Å². The summed E-state index contributed by atoms with van der Waals surface area (Å²) in [7, 11) is -3.67. The summed E-state index contributed by atoms with van der Waals surface area (Å²) in [6.45, 7) is 9.32. The number of pyridine rings is 1. The Bertz CT molecular complexity index is 1170. The van der Waals surface area contributed by atoms with Crippen molar-refractivity contribution in [2.24, 2.45) is 0 Å². The van der Waals surface area contributed by atoms with Crippen LogP contribution in [-0.4, -0.2) is 63.2 Å². The van der Waals surface area contributed by atoms with Gasteiger partial charge in [-0.05, 0) is 59.4 Å². The van der Waals surface area contributed by atoms with Crippen LogP contribution in [0.4, 0.5) is 5.69 Å². The molecule has 1 saturated carbocycles. The van der Waals surface area contributed by atoms with Crippen molar-refractivity contribution in [2.75, 3.05) is 18.7 Å². The first-order valence-corrected chi connectivity index (χ1v) is 15.5. The zero-order chi connectivity index (χ0) is 28.6. The molecule has 0 saturated heterocycles. The van der Waals surface area contributed by atoms with Crippen LogP contribution in [0.3, 0.4) is 0 Å². The van der Waals surface area contributed by atoms with Gasteiger partial charge in [0.1, 0.15) is 29.5 Å². The largest absolute Gasteiger partial charge is 0.464 e. The Kier molecular flexibility index (Phi) is 10.9. The molecule has 0 spiro atoms. The Hall–Kier alpha value is -2.53. The minimum absolute atomic E-state index is 0.104. The summed E-state index contributed by atoms with van der Waals surface area (Å²) in [6.07, 6.45) is 7.81. The number of carbonyl (C=O) groups is 2. The van der Waals surface area contributed by atoms with Crippen LogP contribution < -0.4 is 15.9 Å². The van der Waals surface area contributed by atoms with E-state index in [0.717, 1.165) is 38.5 Å². The maximum absolute atomic E-state index is 14.1. The number of aromatic nitrogens is 3. The molecule has 1 aliphatic rings. The number of imidazole rings is 1. The molecule has 39 heavy (non-hydrogen) atoms. The standard InChI is InChI=1S/C26H43N6O6P/c1-6-7-8-14-36-25(34)26(4,5)31-39(35,30-19(3)24(33)38-20-10-9-11-20)17-37-18(2)15-32-16-29-22-21(27)12-13-28-23(22)32/h12-13,16,18-20H,6-11,14-15,17H2,1-5H3,(H2,27,28)(H2,30,31,35)/t18-,19-,39?/m1/s1. The van der Waals surface area contributed by atoms with Crippen LogP contribution in [0, 0.1) is 0 Å². The molecule has 0 radical (unpaired) electrons. The van der Waals surface area contributed by atoms with Gasteiger partial charge in [0.2, 0.25) is 7.44 Å². The monoisotopic (exact) mass is 566 g/mol. The zero-order valence-corrected chi connectivity index (χ0v) is 24.5. The predicted octanol–water partition coefficient (Wildman–Crippen LogP) is 3.74. The van der Waals surface area contributed by atoms with E-state index in [4.69, 9.17) is 19.9 Å². The number of ether oxygens (including phenoxy) is 3. The fourth-order valence-corrected chi connectivity index (χ4v) is 6.49. The summed E-state index contributed by atoms with van der Waals surface area (Å²) >= 11 is 0. The number of unbranched alkanes of at least 4 members (excludes halogenated alkanes) is 2. The van der Waals surface area contributed by atoms with E-state index in [0.29, 0.717) is 23.4 Å². The van der Waals surface area contributed by atoms with Gasteiger partial charge in [-0.25, -0.2) is 20.1 Å². The predicted molar refractivity (Wildman–Crippen MR) is 149 cm³/mol. The molecule has 12 nitrogen and oxygen atoms in total. The lowest BCUT2D eigenvalue weighted by Crippen LogP contribution is -2.50. The highest BCUT2D eigenvalue weighted by Gasteiger charge is 2.39. The Morgan fingerprint density at radius 3 is 2.67 bits per heavy atom. The van der Waals surface area contributed by atoms with E-state index in [1.807, 2.05) is 6.92 Å². The Morgan fingerprint density at radius 2 is 2.00 bits per heavy atom. The van der Waals surface area contributed by atoms with Crippen molar-refractivity contribution in [1.29, 1.82) is 0 Å². The zero-order valence-electron chi connectivity index (χ0n) is 23.6. The minimum atomic E-state index is -3.67. The second-order valence-electron chi connectivity index (χ2n) is 10.7. The van der Waals surface area contributed by atoms with Gasteiger partial charge in [-0.3, -0.25) is 14.2 Å². The first-order valence-electron chi connectivity index (χ1n) is 13.6. The number of carbonyl (C=O) groups excluding carboxylic acids is 2. The second kappa shape index (κ2) is 13.7. The number of rotatable bonds is 16. The maximum Gasteiger partial charge on any atom is 0.326 e. The van der Waals surface area contributed by atoms with Crippen molar-refractivity contribution in [3.63, 3.8) is 0 Å². The first-order chi connectivity index (χ1) is 18.4. The molecule has 1 unspecified atom stereocenters. The summed E-state index contributed by atoms with van der Waals surface area (Å²) in [4.78, 5) is 34.1. The van der Waals surface area contributed by atoms with Gasteiger partial charge in [0, 0.05) is 6.20 Å². The molecule has 0 bridgehead atoms. The van der Waals surface area contributed by atoms with Crippen molar-refractivity contribution >= 4 is 36.2 Å². The van der Waals surface area contributed by atoms with Crippen LogP contribution in [0.25, 0.3) is 11.2 Å². The normalized spacial score (nSPS) is 17.3. The van der Waals surface area contributed by atoms with Gasteiger partial charge in [0.25, 0.3) is 0 Å². The second-order valence-corrected chi connectivity index (χ2v) is 13.0. The molecule has 2 aromatic heterocycles. The van der Waals surface area contributed by atoms with Crippen molar-refractivity contribution in [2.45, 2.75) is 103 Å². The van der Waals surface area contributed by atoms with Crippen molar-refractivity contribution < 1.29 is 28.4 Å². The number of hydrogen-bond donors (Lipinski definition) is 3. The van der Waals surface area contributed by atoms with Crippen molar-refractivity contribution in [3.8, 4) is 0 Å². The van der Waals surface area contributed by atoms with E-state index in [-0.39, 0.29) is 19.1 Å². The van der Waals surface area contributed by atoms with Gasteiger partial charge in [-0.1, -0.05) is 19.8 Å². The van der Waals surface area contributed by atoms with Crippen LogP contribution in [0.15, 0.2) is 18.6 Å². The van der Waals surface area contributed by atoms with Gasteiger partial charge >= 0.3 is 11.9 Å². The molecule has 3 rings (SSSR count). The maximum atomic E-state index is 14.1. The molecule has 13 heteroatoms. The number of fused-ring (bicyclic) bond motifs is 1. The number of nitrogens with two attached hydrogens (primary N) is 1. The molecular weight excluding hydrogens is 523 g/mol. The number of nitrogens with zero attached hydrogens (tertiary/aromatic N) is 3. The third-order valence-corrected chi connectivity index (χ3v) is 8.81. The molecule has 3 atom stereocenters. The van der Waals surface area contributed by atoms with Crippen molar-refractivity contribution in [1.82, 2.24) is 24.7 Å². The first kappa shape index (κ1) is 31.0. The Labute approximate surface area is 230 Å². The molecule has 1 aliphatic carbocycles. The fraction of sp³-hybridized carbons (Fsp3) is 0.692. The van der Waals surface area contributed by atoms with Crippen LogP contribution >= 0.6 is 7.44 Å². The Morgan fingerprint density at radius 1 is 1.26 bits per heavy atom. The lowest BCUT2D eigenvalue weighted by Gasteiger charge is -2.33. The highest BCUT2D eigenvalue weighted by Crippen LogP contribution is 2.40. The molecule has 4 N–H and O–H groups in total. The summed E-state index contributed by atoms with van der Waals surface area (Å²) in [5.41, 5.74) is 6.41. The summed E-state index contributed by atoms with van der Waals surface area (Å²) < 4.78 is 32.8. The molecule has 0 aromatic carbocycles. The third kappa shape index (κ3) is 8.73. The van der Waals surface area contributed by atoms with E-state index in [1.54, 1.807) is 43.9 Å². The number of hydrogen-bond acceptors (Lipinski definition) is 9. The summed E-state index contributed by atoms with van der Waals surface area (Å²) in [5.74, 6) is -1.03. The van der Waals surface area contributed by atoms with Gasteiger partial charge in [-0.2, -0.15) is 0 Å². The minimum Gasteiger partial charge on any atom is -0.464 e. The smallest absolute Gasteiger partial charge is 0.326 e. The van der Waals surface area contributed by atoms with Crippen molar-refractivity contribution in [3.05, 3.63) is 18.6 Å². The molecule has 0 amide bonds. The van der Waals surface area contributed by atoms with Crippen LogP contribution in [0.1, 0.15) is 73.1 Å². The van der Waals surface area contributed by atoms with Gasteiger partial charge in [-0.15, -0.1) is 0 Å². The number of anilines is 1. The molecule has 218 valence electrons. The highest BCUT2D eigenvalue weighted by molar-refractivity contribution is 7.59. The molecule has 2 aromatic rings. The van der Waals surface area contributed by atoms with E-state index < -0.39 is 37.1 Å². The lowest BCUT2D eigenvalue weighted by atomic mass is 9.96. The van der Waals surface area contributed by atoms with Crippen LogP contribution in [-0.2, 0) is 34.9 Å². The molecule has 2 heterocycles. The van der Waals surface area contributed by atoms with E-state index >= 15 is 0 Å². The van der Waals surface area contributed by atoms with E-state index in [1.165, 1.54) is 0 Å². The summed E-state index contributed by atoms with van der Waals surface area (Å²) in [6, 6.07) is 0.796. The van der Waals surface area contributed by atoms with Crippen LogP contribution in [0.5, 0.6) is 0 Å². The topological polar surface area (TPSA) is 160 Å². The average Bonchev–Trinajstić information content (AvgIpc) is 3.26. The molecule has 0 aliphatic heterocycles. The van der Waals surface area contributed by atoms with Crippen LogP contribution in [0.2, 0.25) is 0 Å². The number of nitrogens with one attached hydrogen (secondary N) is 2. The summed E-state index contributed by atoms with van der Waals surface area (Å²) in [5, 5.41) is 5.79. The lowest BCUT2D eigenvalue weighted by molar-refractivity contribution is -0.154. The quantitative estimate of drug-likeness (QED) is 0.154. The SMILES string of the molecule is CCCCCOC(=O)C(C)(C)NP(=O)(CO[C@H](C)Cn1cnc2c(N)ccnc21)N[C@H](C)C(=O)OC1CCC1. The number of esters is 2. The third-order valence-electron chi connectivity index (χ3n) is 6.57. The highest BCUT2D eigenvalue weighted by atomic mass is 31.2. The number of nitrogen functional groups attached to an aromatic ring is 1. The van der Waals surface area contributed by atoms with Gasteiger partial charge in [0.05, 0.1) is 31.3 Å². The average molecular weight is 567 g/mol. The van der Waals surface area contributed by atoms with E-state index in [9.17, 15) is 14.2 Å².